The first-order valence-electron chi connectivity index (χ1n) is 9.04. The Morgan fingerprint density at radius 1 is 1.13 bits per heavy atom. The van der Waals surface area contributed by atoms with Crippen LogP contribution >= 0.6 is 11.8 Å². The molecule has 0 bridgehead atoms. The standard InChI is InChI=1S/C21H21F2N3O3S/c1-25(13-15-3-7-18(8-4-15)29-20(22)23)19(27)14-30-21-24-11-12-26(21)16-5-9-17(28-2)10-6-16/h3-12,20H,13-14H2,1-2H3. The highest BCUT2D eigenvalue weighted by Gasteiger charge is 2.13. The number of hydrogen-bond donors (Lipinski definition) is 0. The number of nitrogens with zero attached hydrogens (tertiary/aromatic N) is 3. The molecule has 0 spiro atoms. The lowest BCUT2D eigenvalue weighted by Crippen LogP contribution is -2.27. The summed E-state index contributed by atoms with van der Waals surface area (Å²) in [5.74, 6) is 0.996. The minimum Gasteiger partial charge on any atom is -0.497 e. The highest BCUT2D eigenvalue weighted by atomic mass is 32.2. The average molecular weight is 433 g/mol. The van der Waals surface area contributed by atoms with Crippen molar-refractivity contribution in [2.24, 2.45) is 0 Å². The average Bonchev–Trinajstić information content (AvgIpc) is 3.21. The van der Waals surface area contributed by atoms with Gasteiger partial charge in [0.05, 0.1) is 12.9 Å². The van der Waals surface area contributed by atoms with Gasteiger partial charge in [0, 0.05) is 31.7 Å². The fraction of sp³-hybridized carbons (Fsp3) is 0.238. The predicted octanol–water partition coefficient (Wildman–Crippen LogP) is 4.23. The lowest BCUT2D eigenvalue weighted by molar-refractivity contribution is -0.127. The van der Waals surface area contributed by atoms with E-state index >= 15 is 0 Å². The third-order valence-electron chi connectivity index (χ3n) is 4.28. The molecule has 1 amide bonds. The third kappa shape index (κ3) is 5.73. The number of carbonyl (C=O) groups excluding carboxylic acids is 1. The van der Waals surface area contributed by atoms with E-state index in [-0.39, 0.29) is 17.4 Å². The Kier molecular flexibility index (Phi) is 7.29. The van der Waals surface area contributed by atoms with E-state index in [2.05, 4.69) is 9.72 Å². The number of carbonyl (C=O) groups is 1. The first kappa shape index (κ1) is 21.6. The predicted molar refractivity (Wildman–Crippen MR) is 110 cm³/mol. The first-order chi connectivity index (χ1) is 14.5. The molecule has 0 saturated heterocycles. The van der Waals surface area contributed by atoms with E-state index in [4.69, 9.17) is 4.74 Å². The second-order valence-corrected chi connectivity index (χ2v) is 7.28. The van der Waals surface area contributed by atoms with Crippen molar-refractivity contribution >= 4 is 17.7 Å². The van der Waals surface area contributed by atoms with Crippen LogP contribution in [0.3, 0.4) is 0 Å². The Morgan fingerprint density at radius 3 is 2.43 bits per heavy atom. The summed E-state index contributed by atoms with van der Waals surface area (Å²) in [6.07, 6.45) is 3.52. The summed E-state index contributed by atoms with van der Waals surface area (Å²) in [5, 5.41) is 0.704. The number of halogens is 2. The largest absolute Gasteiger partial charge is 0.497 e. The van der Waals surface area contributed by atoms with Gasteiger partial charge in [0.15, 0.2) is 5.16 Å². The summed E-state index contributed by atoms with van der Waals surface area (Å²) in [6, 6.07) is 13.8. The van der Waals surface area contributed by atoms with E-state index in [0.717, 1.165) is 17.0 Å². The number of methoxy groups -OCH3 is 1. The van der Waals surface area contributed by atoms with E-state index in [0.29, 0.717) is 11.7 Å². The summed E-state index contributed by atoms with van der Waals surface area (Å²) in [4.78, 5) is 18.4. The zero-order valence-corrected chi connectivity index (χ0v) is 17.3. The summed E-state index contributed by atoms with van der Waals surface area (Å²) in [7, 11) is 3.31. The number of rotatable bonds is 9. The topological polar surface area (TPSA) is 56.6 Å². The quantitative estimate of drug-likeness (QED) is 0.473. The molecule has 158 valence electrons. The van der Waals surface area contributed by atoms with Gasteiger partial charge >= 0.3 is 6.61 Å². The number of aromatic nitrogens is 2. The molecule has 3 rings (SSSR count). The van der Waals surface area contributed by atoms with Crippen LogP contribution in [0.4, 0.5) is 8.78 Å². The molecule has 0 unspecified atom stereocenters. The first-order valence-corrected chi connectivity index (χ1v) is 10.0. The van der Waals surface area contributed by atoms with Gasteiger partial charge in [-0.2, -0.15) is 8.78 Å². The number of ether oxygens (including phenoxy) is 2. The molecule has 0 atom stereocenters. The molecule has 0 aliphatic heterocycles. The number of benzene rings is 2. The summed E-state index contributed by atoms with van der Waals surface area (Å²) in [6.45, 7) is -2.50. The van der Waals surface area contributed by atoms with Crippen molar-refractivity contribution in [2.45, 2.75) is 18.3 Å². The lowest BCUT2D eigenvalue weighted by Gasteiger charge is -2.17. The maximum absolute atomic E-state index is 12.5. The van der Waals surface area contributed by atoms with E-state index in [1.54, 1.807) is 37.4 Å². The molecule has 0 N–H and O–H groups in total. The zero-order valence-electron chi connectivity index (χ0n) is 16.5. The Hall–Kier alpha value is -3.07. The van der Waals surface area contributed by atoms with Crippen LogP contribution in [-0.2, 0) is 11.3 Å². The van der Waals surface area contributed by atoms with Crippen molar-refractivity contribution in [3.63, 3.8) is 0 Å². The lowest BCUT2D eigenvalue weighted by atomic mass is 10.2. The van der Waals surface area contributed by atoms with Crippen molar-refractivity contribution in [1.82, 2.24) is 14.5 Å². The molecule has 9 heteroatoms. The molecule has 0 radical (unpaired) electrons. The number of thioether (sulfide) groups is 1. The zero-order chi connectivity index (χ0) is 21.5. The fourth-order valence-electron chi connectivity index (χ4n) is 2.71. The van der Waals surface area contributed by atoms with Crippen LogP contribution in [0.5, 0.6) is 11.5 Å². The molecular weight excluding hydrogens is 412 g/mol. The summed E-state index contributed by atoms with van der Waals surface area (Å²) < 4.78 is 35.8. The monoisotopic (exact) mass is 433 g/mol. The van der Waals surface area contributed by atoms with Gasteiger partial charge in [-0.05, 0) is 42.0 Å². The van der Waals surface area contributed by atoms with Crippen LogP contribution in [-0.4, -0.2) is 46.9 Å². The highest BCUT2D eigenvalue weighted by Crippen LogP contribution is 2.23. The van der Waals surface area contributed by atoms with E-state index in [1.165, 1.54) is 23.9 Å². The number of amides is 1. The molecule has 0 saturated carbocycles. The van der Waals surface area contributed by atoms with Crippen LogP contribution in [0, 0.1) is 0 Å². The normalized spacial score (nSPS) is 10.8. The summed E-state index contributed by atoms with van der Waals surface area (Å²) in [5.41, 5.74) is 1.74. The fourth-order valence-corrected chi connectivity index (χ4v) is 3.62. The minimum absolute atomic E-state index is 0.0720. The summed E-state index contributed by atoms with van der Waals surface area (Å²) >= 11 is 1.34. The van der Waals surface area contributed by atoms with Gasteiger partial charge in [0.1, 0.15) is 11.5 Å². The molecule has 3 aromatic rings. The van der Waals surface area contributed by atoms with Crippen LogP contribution in [0.25, 0.3) is 5.69 Å². The third-order valence-corrected chi connectivity index (χ3v) is 5.23. The SMILES string of the molecule is COc1ccc(-n2ccnc2SCC(=O)N(C)Cc2ccc(OC(F)F)cc2)cc1. The molecule has 0 aliphatic carbocycles. The van der Waals surface area contributed by atoms with Gasteiger partial charge in [0.2, 0.25) is 5.91 Å². The Morgan fingerprint density at radius 2 is 1.80 bits per heavy atom. The van der Waals surface area contributed by atoms with Crippen LogP contribution in [0.1, 0.15) is 5.56 Å². The van der Waals surface area contributed by atoms with Crippen molar-refractivity contribution in [2.75, 3.05) is 19.9 Å². The Labute approximate surface area is 177 Å². The van der Waals surface area contributed by atoms with Crippen molar-refractivity contribution in [1.29, 1.82) is 0 Å². The number of imidazole rings is 1. The van der Waals surface area contributed by atoms with Gasteiger partial charge in [-0.25, -0.2) is 4.98 Å². The smallest absolute Gasteiger partial charge is 0.387 e. The molecule has 0 fully saturated rings. The maximum atomic E-state index is 12.5. The van der Waals surface area contributed by atoms with Gasteiger partial charge in [-0.15, -0.1) is 0 Å². The minimum atomic E-state index is -2.86. The van der Waals surface area contributed by atoms with Crippen LogP contribution in [0.15, 0.2) is 66.1 Å². The maximum Gasteiger partial charge on any atom is 0.387 e. The Bertz CT molecular complexity index is 962. The second kappa shape index (κ2) is 10.1. The van der Waals surface area contributed by atoms with E-state index in [9.17, 15) is 13.6 Å². The highest BCUT2D eigenvalue weighted by molar-refractivity contribution is 7.99. The Balaban J connectivity index is 1.56. The number of alkyl halides is 2. The molecule has 30 heavy (non-hydrogen) atoms. The molecule has 2 aromatic carbocycles. The second-order valence-electron chi connectivity index (χ2n) is 6.34. The van der Waals surface area contributed by atoms with Crippen molar-refractivity contribution < 1.29 is 23.0 Å². The van der Waals surface area contributed by atoms with Crippen LogP contribution in [0.2, 0.25) is 0 Å². The molecule has 6 nitrogen and oxygen atoms in total. The number of hydrogen-bond acceptors (Lipinski definition) is 5. The molecule has 0 aliphatic rings. The van der Waals surface area contributed by atoms with Crippen LogP contribution < -0.4 is 9.47 Å². The van der Waals surface area contributed by atoms with Crippen molar-refractivity contribution in [3.8, 4) is 17.2 Å². The molecule has 1 heterocycles. The van der Waals surface area contributed by atoms with Crippen molar-refractivity contribution in [3.05, 3.63) is 66.5 Å². The van der Waals surface area contributed by atoms with Gasteiger partial charge in [-0.3, -0.25) is 9.36 Å². The molecule has 1 aromatic heterocycles. The van der Waals surface area contributed by atoms with E-state index in [1.807, 2.05) is 35.0 Å². The van der Waals surface area contributed by atoms with E-state index < -0.39 is 6.61 Å². The molecular formula is C21H21F2N3O3S. The van der Waals surface area contributed by atoms with Gasteiger partial charge in [-0.1, -0.05) is 23.9 Å². The van der Waals surface area contributed by atoms with Gasteiger partial charge < -0.3 is 14.4 Å². The van der Waals surface area contributed by atoms with Gasteiger partial charge in [0.25, 0.3) is 0 Å².